The standard InChI is InChI=1S/C21H24N2O5/c1-27-18-6-8-19(9-7-18)28-15-10-20(25)22-11-13-23(14-12-22)21(26)16-2-4-17(24)5-3-16/h2-9,24H,10-15H2,1H3. The normalized spacial score (nSPS) is 13.9. The van der Waals surface area contributed by atoms with Crippen LogP contribution >= 0.6 is 0 Å². The number of carbonyl (C=O) groups excluding carboxylic acids is 2. The average Bonchev–Trinajstić information content (AvgIpc) is 2.74. The van der Waals surface area contributed by atoms with Crippen LogP contribution in [-0.4, -0.2) is 66.6 Å². The van der Waals surface area contributed by atoms with Crippen molar-refractivity contribution in [3.63, 3.8) is 0 Å². The van der Waals surface area contributed by atoms with Gasteiger partial charge in [0.25, 0.3) is 5.91 Å². The first-order chi connectivity index (χ1) is 13.6. The first kappa shape index (κ1) is 19.5. The van der Waals surface area contributed by atoms with Gasteiger partial charge in [-0.2, -0.15) is 0 Å². The molecule has 1 saturated heterocycles. The van der Waals surface area contributed by atoms with Crippen molar-refractivity contribution in [2.24, 2.45) is 0 Å². The van der Waals surface area contributed by atoms with E-state index in [0.29, 0.717) is 44.1 Å². The summed E-state index contributed by atoms with van der Waals surface area (Å²) in [4.78, 5) is 28.3. The molecule has 7 heteroatoms. The molecule has 0 aromatic heterocycles. The summed E-state index contributed by atoms with van der Waals surface area (Å²) in [5.74, 6) is 1.50. The monoisotopic (exact) mass is 384 g/mol. The zero-order valence-corrected chi connectivity index (χ0v) is 15.8. The number of amides is 2. The Bertz CT molecular complexity index is 797. The highest BCUT2D eigenvalue weighted by Crippen LogP contribution is 2.17. The summed E-state index contributed by atoms with van der Waals surface area (Å²) in [6.45, 7) is 2.30. The van der Waals surface area contributed by atoms with Crippen molar-refractivity contribution in [1.82, 2.24) is 9.80 Å². The molecule has 0 radical (unpaired) electrons. The predicted octanol–water partition coefficient (Wildman–Crippen LogP) is 2.15. The van der Waals surface area contributed by atoms with Gasteiger partial charge in [-0.15, -0.1) is 0 Å². The number of phenolic OH excluding ortho intramolecular Hbond substituents is 1. The van der Waals surface area contributed by atoms with E-state index < -0.39 is 0 Å². The summed E-state index contributed by atoms with van der Waals surface area (Å²) in [7, 11) is 1.60. The minimum absolute atomic E-state index is 0.0187. The smallest absolute Gasteiger partial charge is 0.253 e. The third kappa shape index (κ3) is 4.94. The number of carbonyl (C=O) groups is 2. The van der Waals surface area contributed by atoms with Crippen LogP contribution < -0.4 is 9.47 Å². The number of hydrogen-bond acceptors (Lipinski definition) is 5. The van der Waals surface area contributed by atoms with Crippen LogP contribution in [-0.2, 0) is 4.79 Å². The van der Waals surface area contributed by atoms with Crippen molar-refractivity contribution >= 4 is 11.8 Å². The summed E-state index contributed by atoms with van der Waals surface area (Å²) in [5.41, 5.74) is 0.533. The molecule has 0 saturated carbocycles. The third-order valence-electron chi connectivity index (χ3n) is 4.68. The maximum atomic E-state index is 12.5. The minimum atomic E-state index is -0.0880. The molecular weight excluding hydrogens is 360 g/mol. The Morgan fingerprint density at radius 3 is 2.07 bits per heavy atom. The van der Waals surface area contributed by atoms with Crippen LogP contribution in [0.5, 0.6) is 17.2 Å². The first-order valence-electron chi connectivity index (χ1n) is 9.20. The predicted molar refractivity (Wildman–Crippen MR) is 104 cm³/mol. The van der Waals surface area contributed by atoms with Gasteiger partial charge in [0.15, 0.2) is 0 Å². The van der Waals surface area contributed by atoms with E-state index in [2.05, 4.69) is 0 Å². The maximum absolute atomic E-state index is 12.5. The zero-order valence-electron chi connectivity index (χ0n) is 15.8. The lowest BCUT2D eigenvalue weighted by atomic mass is 10.1. The van der Waals surface area contributed by atoms with E-state index in [1.54, 1.807) is 41.2 Å². The Balaban J connectivity index is 1.41. The lowest BCUT2D eigenvalue weighted by Crippen LogP contribution is -2.50. The zero-order chi connectivity index (χ0) is 19.9. The Hall–Kier alpha value is -3.22. The third-order valence-corrected chi connectivity index (χ3v) is 4.68. The number of aromatic hydroxyl groups is 1. The molecule has 0 spiro atoms. The molecule has 1 aliphatic rings. The fraction of sp³-hybridized carbons (Fsp3) is 0.333. The fourth-order valence-corrected chi connectivity index (χ4v) is 3.03. The van der Waals surface area contributed by atoms with Gasteiger partial charge in [0.1, 0.15) is 17.2 Å². The Labute approximate surface area is 164 Å². The molecule has 0 atom stereocenters. The van der Waals surface area contributed by atoms with Crippen molar-refractivity contribution < 1.29 is 24.2 Å². The Morgan fingerprint density at radius 2 is 1.46 bits per heavy atom. The quantitative estimate of drug-likeness (QED) is 0.826. The van der Waals surface area contributed by atoms with E-state index in [1.165, 1.54) is 12.1 Å². The molecule has 7 nitrogen and oxygen atoms in total. The molecule has 2 aromatic rings. The van der Waals surface area contributed by atoms with Crippen molar-refractivity contribution in [3.8, 4) is 17.2 Å². The molecule has 3 rings (SSSR count). The van der Waals surface area contributed by atoms with Crippen LogP contribution in [0.3, 0.4) is 0 Å². The second-order valence-electron chi connectivity index (χ2n) is 6.49. The van der Waals surface area contributed by atoms with Crippen molar-refractivity contribution in [1.29, 1.82) is 0 Å². The largest absolute Gasteiger partial charge is 0.508 e. The number of piperazine rings is 1. The van der Waals surface area contributed by atoms with Gasteiger partial charge in [-0.1, -0.05) is 0 Å². The molecule has 2 aromatic carbocycles. The van der Waals surface area contributed by atoms with Gasteiger partial charge in [-0.25, -0.2) is 0 Å². The number of nitrogens with zero attached hydrogens (tertiary/aromatic N) is 2. The molecule has 1 fully saturated rings. The first-order valence-corrected chi connectivity index (χ1v) is 9.20. The number of hydrogen-bond donors (Lipinski definition) is 1. The van der Waals surface area contributed by atoms with E-state index in [9.17, 15) is 14.7 Å². The number of phenols is 1. The summed E-state index contributed by atoms with van der Waals surface area (Å²) >= 11 is 0. The molecule has 1 aliphatic heterocycles. The van der Waals surface area contributed by atoms with Gasteiger partial charge in [0.05, 0.1) is 20.1 Å². The molecular formula is C21H24N2O5. The fourth-order valence-electron chi connectivity index (χ4n) is 3.03. The van der Waals surface area contributed by atoms with Crippen molar-refractivity contribution in [3.05, 3.63) is 54.1 Å². The van der Waals surface area contributed by atoms with Crippen LogP contribution in [0.15, 0.2) is 48.5 Å². The van der Waals surface area contributed by atoms with Gasteiger partial charge < -0.3 is 24.4 Å². The molecule has 1 heterocycles. The van der Waals surface area contributed by atoms with E-state index in [4.69, 9.17) is 9.47 Å². The van der Waals surface area contributed by atoms with Crippen LogP contribution in [0.25, 0.3) is 0 Å². The highest BCUT2D eigenvalue weighted by molar-refractivity contribution is 5.94. The van der Waals surface area contributed by atoms with Gasteiger partial charge >= 0.3 is 0 Å². The summed E-state index contributed by atoms with van der Waals surface area (Å²) in [6.07, 6.45) is 0.290. The Morgan fingerprint density at radius 1 is 0.893 bits per heavy atom. The number of benzene rings is 2. The molecule has 0 aliphatic carbocycles. The lowest BCUT2D eigenvalue weighted by molar-refractivity contribution is -0.133. The number of methoxy groups -OCH3 is 1. The lowest BCUT2D eigenvalue weighted by Gasteiger charge is -2.34. The van der Waals surface area contributed by atoms with E-state index in [1.807, 2.05) is 12.1 Å². The SMILES string of the molecule is COc1ccc(OCCC(=O)N2CCN(C(=O)c3ccc(O)cc3)CC2)cc1. The van der Waals surface area contributed by atoms with Gasteiger partial charge in [0, 0.05) is 31.7 Å². The molecule has 1 N–H and O–H groups in total. The average molecular weight is 384 g/mol. The van der Waals surface area contributed by atoms with Gasteiger partial charge in [0.2, 0.25) is 5.91 Å². The molecule has 0 unspecified atom stereocenters. The topological polar surface area (TPSA) is 79.3 Å². The second-order valence-corrected chi connectivity index (χ2v) is 6.49. The van der Waals surface area contributed by atoms with Crippen molar-refractivity contribution in [2.45, 2.75) is 6.42 Å². The summed E-state index contributed by atoms with van der Waals surface area (Å²) in [5, 5.41) is 9.33. The van der Waals surface area contributed by atoms with Crippen LogP contribution in [0.2, 0.25) is 0 Å². The minimum Gasteiger partial charge on any atom is -0.508 e. The Kier molecular flexibility index (Phi) is 6.37. The van der Waals surface area contributed by atoms with E-state index in [0.717, 1.165) is 5.75 Å². The summed E-state index contributed by atoms with van der Waals surface area (Å²) < 4.78 is 10.7. The maximum Gasteiger partial charge on any atom is 0.253 e. The number of rotatable bonds is 6. The van der Waals surface area contributed by atoms with Gasteiger partial charge in [-0.05, 0) is 48.5 Å². The summed E-state index contributed by atoms with van der Waals surface area (Å²) in [6, 6.07) is 13.4. The van der Waals surface area contributed by atoms with Crippen LogP contribution in [0.4, 0.5) is 0 Å². The highest BCUT2D eigenvalue weighted by atomic mass is 16.5. The molecule has 0 bridgehead atoms. The van der Waals surface area contributed by atoms with Gasteiger partial charge in [-0.3, -0.25) is 9.59 Å². The molecule has 28 heavy (non-hydrogen) atoms. The van der Waals surface area contributed by atoms with Crippen LogP contribution in [0.1, 0.15) is 16.8 Å². The molecule has 2 amide bonds. The van der Waals surface area contributed by atoms with Crippen molar-refractivity contribution in [2.75, 3.05) is 39.9 Å². The van der Waals surface area contributed by atoms with E-state index >= 15 is 0 Å². The second kappa shape index (κ2) is 9.12. The highest BCUT2D eigenvalue weighted by Gasteiger charge is 2.24. The van der Waals surface area contributed by atoms with E-state index in [-0.39, 0.29) is 24.0 Å². The van der Waals surface area contributed by atoms with Crippen LogP contribution in [0, 0.1) is 0 Å². The molecule has 148 valence electrons. The number of ether oxygens (including phenoxy) is 2.